The Morgan fingerprint density at radius 3 is 2.60 bits per heavy atom. The predicted octanol–water partition coefficient (Wildman–Crippen LogP) is 2.38. The first kappa shape index (κ1) is 12.6. The van der Waals surface area contributed by atoms with E-state index in [4.69, 9.17) is 15.3 Å². The van der Waals surface area contributed by atoms with Gasteiger partial charge in [0.25, 0.3) is 0 Å². The summed E-state index contributed by atoms with van der Waals surface area (Å²) in [6.45, 7) is -0.0443. The molecule has 86 valence electrons. The number of rotatable bonds is 3. The number of halogens is 1. The average molecular weight is 232 g/mol. The summed E-state index contributed by atoms with van der Waals surface area (Å²) in [5, 5.41) is 8.86. The van der Waals surface area contributed by atoms with Gasteiger partial charge in [0, 0.05) is 0 Å². The van der Waals surface area contributed by atoms with Crippen LogP contribution in [-0.4, -0.2) is 5.11 Å². The smallest absolute Gasteiger partial charge is 0.129 e. The Labute approximate surface area is 96.1 Å². The van der Waals surface area contributed by atoms with E-state index in [0.717, 1.165) is 5.76 Å². The lowest BCUT2D eigenvalue weighted by atomic mass is 9.97. The molecule has 0 saturated heterocycles. The summed E-state index contributed by atoms with van der Waals surface area (Å²) in [5.41, 5.74) is 6.09. The van der Waals surface area contributed by atoms with Gasteiger partial charge in [-0.05, 0) is 30.9 Å². The van der Waals surface area contributed by atoms with E-state index in [9.17, 15) is 0 Å². The Morgan fingerprint density at radius 2 is 2.07 bits per heavy atom. The van der Waals surface area contributed by atoms with Crippen LogP contribution < -0.4 is 5.73 Å². The Bertz CT molecular complexity index is 295. The predicted molar refractivity (Wildman–Crippen MR) is 60.8 cm³/mol. The third kappa shape index (κ3) is 2.74. The molecule has 0 radical (unpaired) electrons. The quantitative estimate of drug-likeness (QED) is 0.840. The van der Waals surface area contributed by atoms with Crippen molar-refractivity contribution in [1.29, 1.82) is 0 Å². The minimum Gasteiger partial charge on any atom is -0.462 e. The molecule has 1 aromatic rings. The number of furan rings is 1. The van der Waals surface area contributed by atoms with Crippen LogP contribution in [0.15, 0.2) is 16.5 Å². The third-order valence-electron chi connectivity index (χ3n) is 3.07. The molecule has 2 rings (SSSR count). The van der Waals surface area contributed by atoms with Crippen molar-refractivity contribution < 1.29 is 9.52 Å². The number of hydrogen-bond donors (Lipinski definition) is 2. The molecule has 15 heavy (non-hydrogen) atoms. The van der Waals surface area contributed by atoms with E-state index in [1.165, 1.54) is 25.7 Å². The van der Waals surface area contributed by atoms with Crippen molar-refractivity contribution in [2.75, 3.05) is 0 Å². The molecular formula is C11H18ClNO2. The van der Waals surface area contributed by atoms with Gasteiger partial charge in [-0.2, -0.15) is 0 Å². The molecule has 1 aliphatic rings. The number of hydrogen-bond acceptors (Lipinski definition) is 3. The van der Waals surface area contributed by atoms with Gasteiger partial charge in [-0.3, -0.25) is 0 Å². The molecule has 1 aliphatic carbocycles. The van der Waals surface area contributed by atoms with Crippen LogP contribution in [0.4, 0.5) is 0 Å². The lowest BCUT2D eigenvalue weighted by Gasteiger charge is -2.15. The lowest BCUT2D eigenvalue weighted by Crippen LogP contribution is -2.18. The topological polar surface area (TPSA) is 59.4 Å². The van der Waals surface area contributed by atoms with E-state index in [0.29, 0.717) is 11.7 Å². The fourth-order valence-corrected chi connectivity index (χ4v) is 2.21. The first-order valence-electron chi connectivity index (χ1n) is 5.26. The summed E-state index contributed by atoms with van der Waals surface area (Å²) in [5.74, 6) is 1.99. The molecule has 4 heteroatoms. The molecule has 3 N–H and O–H groups in total. The monoisotopic (exact) mass is 231 g/mol. The standard InChI is InChI=1S/C11H17NO2.ClH/c12-11(8-3-1-2-4-8)10-6-5-9(7-13)14-10;/h5-6,8,11,13H,1-4,7,12H2;1H/t11-;/m0./s1. The lowest BCUT2D eigenvalue weighted by molar-refractivity contribution is 0.237. The Morgan fingerprint density at radius 1 is 1.40 bits per heavy atom. The zero-order valence-corrected chi connectivity index (χ0v) is 9.50. The Hall–Kier alpha value is -0.510. The highest BCUT2D eigenvalue weighted by Gasteiger charge is 2.25. The molecule has 0 bridgehead atoms. The van der Waals surface area contributed by atoms with Crippen molar-refractivity contribution in [3.05, 3.63) is 23.7 Å². The van der Waals surface area contributed by atoms with Crippen molar-refractivity contribution in [1.82, 2.24) is 0 Å². The van der Waals surface area contributed by atoms with Crippen LogP contribution in [0, 0.1) is 5.92 Å². The number of aliphatic hydroxyl groups is 1. The Kier molecular flexibility index (Phi) is 4.64. The van der Waals surface area contributed by atoms with Crippen LogP contribution >= 0.6 is 12.4 Å². The van der Waals surface area contributed by atoms with Gasteiger partial charge in [0.1, 0.15) is 18.1 Å². The van der Waals surface area contributed by atoms with E-state index in [1.807, 2.05) is 6.07 Å². The van der Waals surface area contributed by atoms with Gasteiger partial charge < -0.3 is 15.3 Å². The van der Waals surface area contributed by atoms with Crippen molar-refractivity contribution in [2.24, 2.45) is 11.7 Å². The molecule has 0 amide bonds. The largest absolute Gasteiger partial charge is 0.462 e. The van der Waals surface area contributed by atoms with Crippen LogP contribution in [0.2, 0.25) is 0 Å². The van der Waals surface area contributed by atoms with Gasteiger partial charge >= 0.3 is 0 Å². The van der Waals surface area contributed by atoms with Crippen LogP contribution in [0.5, 0.6) is 0 Å². The molecule has 0 spiro atoms. The van der Waals surface area contributed by atoms with E-state index < -0.39 is 0 Å². The summed E-state index contributed by atoms with van der Waals surface area (Å²) >= 11 is 0. The first-order valence-corrected chi connectivity index (χ1v) is 5.26. The van der Waals surface area contributed by atoms with Gasteiger partial charge in [-0.25, -0.2) is 0 Å². The van der Waals surface area contributed by atoms with Gasteiger partial charge in [0.2, 0.25) is 0 Å². The van der Waals surface area contributed by atoms with Crippen molar-refractivity contribution in [2.45, 2.75) is 38.3 Å². The van der Waals surface area contributed by atoms with Crippen LogP contribution in [0.3, 0.4) is 0 Å². The third-order valence-corrected chi connectivity index (χ3v) is 3.07. The number of nitrogens with two attached hydrogens (primary N) is 1. The van der Waals surface area contributed by atoms with Crippen LogP contribution in [0.25, 0.3) is 0 Å². The van der Waals surface area contributed by atoms with Gasteiger partial charge in [-0.15, -0.1) is 12.4 Å². The molecular weight excluding hydrogens is 214 g/mol. The molecule has 0 aliphatic heterocycles. The van der Waals surface area contributed by atoms with E-state index in [1.54, 1.807) is 6.07 Å². The molecule has 1 saturated carbocycles. The van der Waals surface area contributed by atoms with Crippen molar-refractivity contribution >= 4 is 12.4 Å². The van der Waals surface area contributed by atoms with E-state index in [2.05, 4.69) is 0 Å². The van der Waals surface area contributed by atoms with E-state index in [-0.39, 0.29) is 25.1 Å². The Balaban J connectivity index is 0.00000112. The maximum absolute atomic E-state index is 8.86. The van der Waals surface area contributed by atoms with Crippen molar-refractivity contribution in [3.63, 3.8) is 0 Å². The molecule has 1 aromatic heterocycles. The normalized spacial score (nSPS) is 18.8. The summed E-state index contributed by atoms with van der Waals surface area (Å²) in [6.07, 6.45) is 4.98. The minimum absolute atomic E-state index is 0. The average Bonchev–Trinajstić information content (AvgIpc) is 2.88. The molecule has 0 aromatic carbocycles. The molecule has 0 unspecified atom stereocenters. The zero-order valence-electron chi connectivity index (χ0n) is 8.69. The van der Waals surface area contributed by atoms with Crippen molar-refractivity contribution in [3.8, 4) is 0 Å². The van der Waals surface area contributed by atoms with Gasteiger partial charge in [-0.1, -0.05) is 12.8 Å². The van der Waals surface area contributed by atoms with E-state index >= 15 is 0 Å². The summed E-state index contributed by atoms with van der Waals surface area (Å²) in [6, 6.07) is 3.69. The maximum Gasteiger partial charge on any atom is 0.129 e. The summed E-state index contributed by atoms with van der Waals surface area (Å²) < 4.78 is 5.43. The zero-order chi connectivity index (χ0) is 9.97. The molecule has 1 atom stereocenters. The summed E-state index contributed by atoms with van der Waals surface area (Å²) in [4.78, 5) is 0. The SMILES string of the molecule is Cl.N[C@H](c1ccc(CO)o1)C1CCCC1. The second-order valence-corrected chi connectivity index (χ2v) is 4.03. The first-order chi connectivity index (χ1) is 6.81. The van der Waals surface area contributed by atoms with Gasteiger partial charge in [0.05, 0.1) is 6.04 Å². The number of aliphatic hydroxyl groups excluding tert-OH is 1. The second kappa shape index (κ2) is 5.54. The van der Waals surface area contributed by atoms with Gasteiger partial charge in [0.15, 0.2) is 0 Å². The molecule has 1 fully saturated rings. The molecule has 1 heterocycles. The van der Waals surface area contributed by atoms with Crippen LogP contribution in [-0.2, 0) is 6.61 Å². The maximum atomic E-state index is 8.86. The highest BCUT2D eigenvalue weighted by atomic mass is 35.5. The highest BCUT2D eigenvalue weighted by Crippen LogP contribution is 2.34. The summed E-state index contributed by atoms with van der Waals surface area (Å²) in [7, 11) is 0. The second-order valence-electron chi connectivity index (χ2n) is 4.03. The van der Waals surface area contributed by atoms with Crippen LogP contribution in [0.1, 0.15) is 43.2 Å². The minimum atomic E-state index is -0.0443. The fraction of sp³-hybridized carbons (Fsp3) is 0.636. The molecule has 3 nitrogen and oxygen atoms in total. The fourth-order valence-electron chi connectivity index (χ4n) is 2.21. The highest BCUT2D eigenvalue weighted by molar-refractivity contribution is 5.85.